The Hall–Kier alpha value is -0.940. The molecule has 0 unspecified atom stereocenters. The number of rotatable bonds is 10. The van der Waals surface area contributed by atoms with Gasteiger partial charge < -0.3 is 0 Å². The van der Waals surface area contributed by atoms with E-state index in [2.05, 4.69) is 119 Å². The molecule has 0 saturated heterocycles. The molecule has 0 fully saturated rings. The molecule has 0 saturated carbocycles. The summed E-state index contributed by atoms with van der Waals surface area (Å²) in [5.74, 6) is 0. The predicted octanol–water partition coefficient (Wildman–Crippen LogP) is 14.4. The first-order valence-electron chi connectivity index (χ1n) is 16.2. The molecule has 0 N–H and O–H groups in total. The molecule has 0 radical (unpaired) electrons. The van der Waals surface area contributed by atoms with Gasteiger partial charge in [0.15, 0.2) is 0 Å². The average Bonchev–Trinajstić information content (AvgIpc) is 3.73. The highest BCUT2D eigenvalue weighted by molar-refractivity contribution is 8.36. The topological polar surface area (TPSA) is 25.8 Å². The summed E-state index contributed by atoms with van der Waals surface area (Å²) in [5, 5.41) is 4.01. The maximum Gasteiger partial charge on any atom is 0.114 e. The fourth-order valence-corrected chi connectivity index (χ4v) is 28.3. The molecule has 45 heavy (non-hydrogen) atoms. The monoisotopic (exact) mass is 732 g/mol. The molecule has 1 aromatic carbocycles. The Morgan fingerprint density at radius 2 is 0.756 bits per heavy atom. The summed E-state index contributed by atoms with van der Waals surface area (Å²) in [4.78, 5) is 2.61. The number of thiophene rings is 4. The van der Waals surface area contributed by atoms with Crippen LogP contribution in [0.2, 0.25) is 0 Å². The van der Waals surface area contributed by atoms with Crippen molar-refractivity contribution in [2.75, 3.05) is 0 Å². The molecule has 5 aromatic heterocycles. The van der Waals surface area contributed by atoms with Gasteiger partial charge in [-0.1, -0.05) is 95.2 Å². The van der Waals surface area contributed by atoms with Crippen LogP contribution in [0.4, 0.5) is 0 Å². The third-order valence-corrected chi connectivity index (χ3v) is 27.7. The van der Waals surface area contributed by atoms with Gasteiger partial charge in [0.2, 0.25) is 0 Å². The van der Waals surface area contributed by atoms with Crippen molar-refractivity contribution in [3.63, 3.8) is 0 Å². The van der Waals surface area contributed by atoms with Crippen LogP contribution in [-0.2, 0) is 0 Å². The third-order valence-electron chi connectivity index (χ3n) is 9.69. The maximum absolute atomic E-state index is 4.86. The van der Waals surface area contributed by atoms with Gasteiger partial charge in [0, 0.05) is 48.1 Å². The van der Waals surface area contributed by atoms with Crippen molar-refractivity contribution in [3.8, 4) is 20.9 Å². The number of hydrogen-bond donors (Lipinski definition) is 0. The zero-order valence-electron chi connectivity index (χ0n) is 28.7. The highest BCUT2D eigenvalue weighted by Gasteiger charge is 2.39. The summed E-state index contributed by atoms with van der Waals surface area (Å²) < 4.78 is 18.6. The van der Waals surface area contributed by atoms with Crippen molar-refractivity contribution in [2.45, 2.75) is 123 Å². The summed E-state index contributed by atoms with van der Waals surface area (Å²) >= 11 is 9.27. The minimum Gasteiger partial charge on any atom is -0.198 e. The van der Waals surface area contributed by atoms with E-state index in [0.29, 0.717) is 31.5 Å². The van der Waals surface area contributed by atoms with E-state index in [9.17, 15) is 0 Å². The number of hydrogen-bond acceptors (Lipinski definition) is 7. The van der Waals surface area contributed by atoms with Crippen molar-refractivity contribution < 1.29 is 0 Å². The van der Waals surface area contributed by atoms with Crippen molar-refractivity contribution in [2.24, 2.45) is 0 Å². The molecule has 0 aliphatic heterocycles. The van der Waals surface area contributed by atoms with Crippen molar-refractivity contribution in [1.29, 1.82) is 0 Å². The van der Waals surface area contributed by atoms with E-state index in [4.69, 9.17) is 8.75 Å². The van der Waals surface area contributed by atoms with Gasteiger partial charge in [-0.15, -0.1) is 45.3 Å². The molecular formula is C36H48N2S7. The van der Waals surface area contributed by atoms with Crippen LogP contribution in [0, 0.1) is 0 Å². The third kappa shape index (κ3) is 5.21. The molecule has 2 nitrogen and oxygen atoms in total. The van der Waals surface area contributed by atoms with Gasteiger partial charge in [0.1, 0.15) is 11.0 Å². The molecule has 0 amide bonds. The fraction of sp³-hybridized carbons (Fsp3) is 0.500. The van der Waals surface area contributed by atoms with Gasteiger partial charge >= 0.3 is 0 Å². The van der Waals surface area contributed by atoms with Crippen LogP contribution < -0.4 is 0 Å². The van der Waals surface area contributed by atoms with Gasteiger partial charge in [0.05, 0.1) is 11.7 Å². The van der Waals surface area contributed by atoms with Crippen LogP contribution in [0.1, 0.15) is 83.1 Å². The number of benzene rings is 1. The molecule has 6 rings (SSSR count). The van der Waals surface area contributed by atoms with E-state index in [1.807, 2.05) is 45.3 Å². The largest absolute Gasteiger partial charge is 0.198 e. The summed E-state index contributed by atoms with van der Waals surface area (Å²) in [6, 6.07) is 14.5. The van der Waals surface area contributed by atoms with Gasteiger partial charge in [-0.05, 0) is 55.8 Å². The fourth-order valence-electron chi connectivity index (χ4n) is 8.17. The molecular weight excluding hydrogens is 685 g/mol. The molecule has 0 aliphatic rings. The average molecular weight is 733 g/mol. The summed E-state index contributed by atoms with van der Waals surface area (Å²) in [6.07, 6.45) is 0. The molecule has 0 bridgehead atoms. The predicted molar refractivity (Wildman–Crippen MR) is 217 cm³/mol. The SMILES string of the molecule is CC(C)S(c1cc2sc(-c3ccc(-c4cc5sc(S(C(C)C)(C(C)C)C(C)C)cc5s4)c4nsnc34)cc2s1)(C(C)C)C(C)C. The zero-order chi connectivity index (χ0) is 32.6. The number of fused-ring (bicyclic) bond motifs is 3. The van der Waals surface area contributed by atoms with E-state index >= 15 is 0 Å². The molecule has 5 heterocycles. The molecule has 0 spiro atoms. The highest BCUT2D eigenvalue weighted by atomic mass is 32.3. The Balaban J connectivity index is 1.38. The molecule has 6 aromatic rings. The minimum atomic E-state index is -0.919. The van der Waals surface area contributed by atoms with Crippen molar-refractivity contribution >= 4 is 107 Å². The molecule has 0 aliphatic carbocycles. The minimum absolute atomic E-state index is 0.668. The smallest absolute Gasteiger partial charge is 0.114 e. The lowest BCUT2D eigenvalue weighted by Gasteiger charge is -2.50. The van der Waals surface area contributed by atoms with E-state index in [1.54, 1.807) is 8.42 Å². The summed E-state index contributed by atoms with van der Waals surface area (Å²) in [7, 11) is -1.84. The highest BCUT2D eigenvalue weighted by Crippen LogP contribution is 2.70. The van der Waals surface area contributed by atoms with E-state index in [0.717, 1.165) is 11.0 Å². The quantitative estimate of drug-likeness (QED) is 0.140. The van der Waals surface area contributed by atoms with E-state index in [-0.39, 0.29) is 0 Å². The summed E-state index contributed by atoms with van der Waals surface area (Å²) in [5.41, 5.74) is 4.51. The molecule has 244 valence electrons. The van der Waals surface area contributed by atoms with Crippen LogP contribution in [0.15, 0.2) is 44.8 Å². The zero-order valence-corrected chi connectivity index (χ0v) is 34.4. The van der Waals surface area contributed by atoms with Crippen LogP contribution in [0.5, 0.6) is 0 Å². The molecule has 0 atom stereocenters. The van der Waals surface area contributed by atoms with E-state index < -0.39 is 20.1 Å². The first-order valence-corrected chi connectivity index (χ1v) is 23.8. The Morgan fingerprint density at radius 3 is 1.04 bits per heavy atom. The van der Waals surface area contributed by atoms with Gasteiger partial charge in [-0.3, -0.25) is 0 Å². The van der Waals surface area contributed by atoms with Crippen LogP contribution in [0.3, 0.4) is 0 Å². The Labute approximate surface area is 293 Å². The van der Waals surface area contributed by atoms with Crippen LogP contribution >= 0.6 is 77.1 Å². The molecule has 9 heteroatoms. The Kier molecular flexibility index (Phi) is 9.43. The second kappa shape index (κ2) is 12.5. The first-order chi connectivity index (χ1) is 21.2. The summed E-state index contributed by atoms with van der Waals surface area (Å²) in [6.45, 7) is 29.3. The normalized spacial score (nSPS) is 14.4. The second-order valence-corrected chi connectivity index (χ2v) is 28.7. The number of aromatic nitrogens is 2. The Morgan fingerprint density at radius 1 is 0.444 bits per heavy atom. The van der Waals surface area contributed by atoms with Gasteiger partial charge in [-0.25, -0.2) is 0 Å². The maximum atomic E-state index is 4.86. The van der Waals surface area contributed by atoms with Crippen molar-refractivity contribution in [1.82, 2.24) is 8.75 Å². The van der Waals surface area contributed by atoms with E-state index in [1.165, 1.54) is 51.4 Å². The first kappa shape index (κ1) is 33.9. The van der Waals surface area contributed by atoms with Crippen LogP contribution in [0.25, 0.3) is 50.7 Å². The lowest BCUT2D eigenvalue weighted by molar-refractivity contribution is 0.942. The number of nitrogens with zero attached hydrogens (tertiary/aromatic N) is 2. The van der Waals surface area contributed by atoms with Crippen molar-refractivity contribution in [3.05, 3.63) is 36.4 Å². The standard InChI is InChI=1S/C36H48N2S7/c1-19(2)44(20(3)4,21(5)6)33-17-31-29(41-33)15-27(39-31)25-13-14-26(36-35(25)37-43-38-36)28-16-30-32(40-28)18-34(42-30)45(22(7)8,23(9)10)24(11)12/h13-24H,1-12H3. The lowest BCUT2D eigenvalue weighted by atomic mass is 10.1. The van der Waals surface area contributed by atoms with Crippen LogP contribution in [-0.4, -0.2) is 40.2 Å². The second-order valence-electron chi connectivity index (χ2n) is 13.7. The van der Waals surface area contributed by atoms with Gasteiger partial charge in [-0.2, -0.15) is 28.8 Å². The van der Waals surface area contributed by atoms with Gasteiger partial charge in [0.25, 0.3) is 0 Å². The Bertz CT molecular complexity index is 1710. The lowest BCUT2D eigenvalue weighted by Crippen LogP contribution is -2.28.